The Balaban J connectivity index is 1.94. The van der Waals surface area contributed by atoms with Crippen molar-refractivity contribution < 1.29 is 14.3 Å². The second-order valence-corrected chi connectivity index (χ2v) is 4.14. The highest BCUT2D eigenvalue weighted by atomic mass is 16.6. The molecule has 86 valence electrons. The van der Waals surface area contributed by atoms with Crippen LogP contribution >= 0.6 is 0 Å². The van der Waals surface area contributed by atoms with Gasteiger partial charge < -0.3 is 9.47 Å². The van der Waals surface area contributed by atoms with Crippen LogP contribution in [0.15, 0.2) is 30.3 Å². The van der Waals surface area contributed by atoms with Crippen LogP contribution in [0.2, 0.25) is 0 Å². The zero-order valence-corrected chi connectivity index (χ0v) is 9.39. The summed E-state index contributed by atoms with van der Waals surface area (Å²) in [6, 6.07) is 10.0. The van der Waals surface area contributed by atoms with Crippen LogP contribution in [0.25, 0.3) is 0 Å². The van der Waals surface area contributed by atoms with E-state index in [9.17, 15) is 4.79 Å². The molecule has 1 fully saturated rings. The average molecular weight is 220 g/mol. The van der Waals surface area contributed by atoms with E-state index in [0.29, 0.717) is 6.61 Å². The number of rotatable bonds is 4. The molecule has 1 aliphatic heterocycles. The molecule has 1 unspecified atom stereocenters. The molecular weight excluding hydrogens is 204 g/mol. The van der Waals surface area contributed by atoms with E-state index in [-0.39, 0.29) is 18.0 Å². The standard InChI is InChI=1S/C13H16O3/c1-15-9-12-8-11(13(14)16-12)7-10-5-3-2-4-6-10/h2-6,11-12H,7-9H2,1H3/t11-,12?/m1/s1. The summed E-state index contributed by atoms with van der Waals surface area (Å²) in [6.07, 6.45) is 1.47. The van der Waals surface area contributed by atoms with Gasteiger partial charge in [-0.1, -0.05) is 30.3 Å². The van der Waals surface area contributed by atoms with Crippen molar-refractivity contribution in [1.29, 1.82) is 0 Å². The van der Waals surface area contributed by atoms with Crippen LogP contribution in [0.1, 0.15) is 12.0 Å². The third-order valence-corrected chi connectivity index (χ3v) is 2.84. The summed E-state index contributed by atoms with van der Waals surface area (Å²) >= 11 is 0. The second-order valence-electron chi connectivity index (χ2n) is 4.14. The topological polar surface area (TPSA) is 35.5 Å². The maximum Gasteiger partial charge on any atom is 0.309 e. The molecule has 0 spiro atoms. The normalized spacial score (nSPS) is 24.4. The fourth-order valence-corrected chi connectivity index (χ4v) is 2.08. The number of esters is 1. The summed E-state index contributed by atoms with van der Waals surface area (Å²) in [5.41, 5.74) is 1.18. The first-order chi connectivity index (χ1) is 7.79. The maximum atomic E-state index is 11.6. The van der Waals surface area contributed by atoms with E-state index < -0.39 is 0 Å². The smallest absolute Gasteiger partial charge is 0.309 e. The molecule has 1 saturated heterocycles. The predicted molar refractivity (Wildman–Crippen MR) is 60.0 cm³/mol. The molecule has 1 heterocycles. The van der Waals surface area contributed by atoms with Crippen LogP contribution in [0.5, 0.6) is 0 Å². The minimum atomic E-state index is -0.0918. The van der Waals surface area contributed by atoms with Crippen molar-refractivity contribution in [2.24, 2.45) is 5.92 Å². The van der Waals surface area contributed by atoms with Gasteiger partial charge in [-0.05, 0) is 12.0 Å². The summed E-state index contributed by atoms with van der Waals surface area (Å²) < 4.78 is 10.2. The van der Waals surface area contributed by atoms with Gasteiger partial charge in [0.05, 0.1) is 12.5 Å². The summed E-state index contributed by atoms with van der Waals surface area (Å²) in [6.45, 7) is 0.497. The summed E-state index contributed by atoms with van der Waals surface area (Å²) in [7, 11) is 1.62. The molecule has 0 bridgehead atoms. The summed E-state index contributed by atoms with van der Waals surface area (Å²) in [5, 5.41) is 0. The molecule has 2 atom stereocenters. The highest BCUT2D eigenvalue weighted by molar-refractivity contribution is 5.75. The SMILES string of the molecule is COCC1C[C@@H](Cc2ccccc2)C(=O)O1. The Labute approximate surface area is 95.4 Å². The number of cyclic esters (lactones) is 1. The molecule has 1 aromatic rings. The predicted octanol–water partition coefficient (Wildman–Crippen LogP) is 1.81. The van der Waals surface area contributed by atoms with Crippen LogP contribution in [0, 0.1) is 5.92 Å². The average Bonchev–Trinajstić information content (AvgIpc) is 2.61. The fraction of sp³-hybridized carbons (Fsp3) is 0.462. The molecule has 2 rings (SSSR count). The van der Waals surface area contributed by atoms with Gasteiger partial charge in [0, 0.05) is 13.5 Å². The quantitative estimate of drug-likeness (QED) is 0.726. The number of hydrogen-bond acceptors (Lipinski definition) is 3. The lowest BCUT2D eigenvalue weighted by atomic mass is 9.96. The Kier molecular flexibility index (Phi) is 3.57. The zero-order chi connectivity index (χ0) is 11.4. The third-order valence-electron chi connectivity index (χ3n) is 2.84. The molecule has 0 radical (unpaired) electrons. The molecule has 16 heavy (non-hydrogen) atoms. The second kappa shape index (κ2) is 5.12. The molecule has 3 heteroatoms. The Bertz CT molecular complexity index is 347. The lowest BCUT2D eigenvalue weighted by molar-refractivity contribution is -0.145. The van der Waals surface area contributed by atoms with E-state index in [2.05, 4.69) is 0 Å². The first-order valence-electron chi connectivity index (χ1n) is 5.53. The Morgan fingerprint density at radius 1 is 1.38 bits per heavy atom. The van der Waals surface area contributed by atoms with Gasteiger partial charge in [0.25, 0.3) is 0 Å². The van der Waals surface area contributed by atoms with Crippen molar-refractivity contribution in [3.63, 3.8) is 0 Å². The van der Waals surface area contributed by atoms with E-state index in [1.807, 2.05) is 30.3 Å². The van der Waals surface area contributed by atoms with Crippen molar-refractivity contribution >= 4 is 5.97 Å². The number of carbonyl (C=O) groups excluding carboxylic acids is 1. The van der Waals surface area contributed by atoms with Crippen molar-refractivity contribution in [3.05, 3.63) is 35.9 Å². The van der Waals surface area contributed by atoms with Crippen LogP contribution in [0.4, 0.5) is 0 Å². The fourth-order valence-electron chi connectivity index (χ4n) is 2.08. The highest BCUT2D eigenvalue weighted by Crippen LogP contribution is 2.24. The monoisotopic (exact) mass is 220 g/mol. The van der Waals surface area contributed by atoms with Gasteiger partial charge >= 0.3 is 5.97 Å². The maximum absolute atomic E-state index is 11.6. The van der Waals surface area contributed by atoms with Crippen molar-refractivity contribution in [2.45, 2.75) is 18.9 Å². The first-order valence-corrected chi connectivity index (χ1v) is 5.53. The van der Waals surface area contributed by atoms with Crippen LogP contribution in [0.3, 0.4) is 0 Å². The molecule has 0 saturated carbocycles. The van der Waals surface area contributed by atoms with Crippen molar-refractivity contribution in [2.75, 3.05) is 13.7 Å². The van der Waals surface area contributed by atoms with E-state index in [0.717, 1.165) is 12.8 Å². The first kappa shape index (κ1) is 11.1. The molecule has 3 nitrogen and oxygen atoms in total. The van der Waals surface area contributed by atoms with E-state index >= 15 is 0 Å². The number of ether oxygens (including phenoxy) is 2. The van der Waals surface area contributed by atoms with Gasteiger partial charge in [-0.3, -0.25) is 4.79 Å². The van der Waals surface area contributed by atoms with Gasteiger partial charge in [-0.2, -0.15) is 0 Å². The lowest BCUT2D eigenvalue weighted by Gasteiger charge is -2.06. The van der Waals surface area contributed by atoms with Crippen LogP contribution in [-0.4, -0.2) is 25.8 Å². The number of methoxy groups -OCH3 is 1. The van der Waals surface area contributed by atoms with Gasteiger partial charge in [-0.15, -0.1) is 0 Å². The van der Waals surface area contributed by atoms with Crippen molar-refractivity contribution in [3.8, 4) is 0 Å². The van der Waals surface area contributed by atoms with E-state index in [1.165, 1.54) is 5.56 Å². The molecule has 0 amide bonds. The lowest BCUT2D eigenvalue weighted by Crippen LogP contribution is -2.13. The molecule has 1 aliphatic rings. The van der Waals surface area contributed by atoms with E-state index in [4.69, 9.17) is 9.47 Å². The highest BCUT2D eigenvalue weighted by Gasteiger charge is 2.34. The van der Waals surface area contributed by atoms with E-state index in [1.54, 1.807) is 7.11 Å². The van der Waals surface area contributed by atoms with Crippen molar-refractivity contribution in [1.82, 2.24) is 0 Å². The van der Waals surface area contributed by atoms with Gasteiger partial charge in [-0.25, -0.2) is 0 Å². The van der Waals surface area contributed by atoms with Gasteiger partial charge in [0.15, 0.2) is 0 Å². The number of benzene rings is 1. The minimum absolute atomic E-state index is 0.0115. The number of carbonyl (C=O) groups is 1. The largest absolute Gasteiger partial charge is 0.460 e. The van der Waals surface area contributed by atoms with Gasteiger partial charge in [0.2, 0.25) is 0 Å². The van der Waals surface area contributed by atoms with Gasteiger partial charge in [0.1, 0.15) is 6.10 Å². The molecule has 1 aromatic carbocycles. The Morgan fingerprint density at radius 3 is 2.81 bits per heavy atom. The molecule has 0 aromatic heterocycles. The Morgan fingerprint density at radius 2 is 2.12 bits per heavy atom. The molecule has 0 aliphatic carbocycles. The molecule has 0 N–H and O–H groups in total. The summed E-state index contributed by atoms with van der Waals surface area (Å²) in [4.78, 5) is 11.6. The van der Waals surface area contributed by atoms with Crippen LogP contribution < -0.4 is 0 Å². The summed E-state index contributed by atoms with van der Waals surface area (Å²) in [5.74, 6) is -0.103. The minimum Gasteiger partial charge on any atom is -0.460 e. The zero-order valence-electron chi connectivity index (χ0n) is 9.39. The number of hydrogen-bond donors (Lipinski definition) is 0. The third kappa shape index (κ3) is 2.61. The Hall–Kier alpha value is -1.35. The van der Waals surface area contributed by atoms with Crippen LogP contribution in [-0.2, 0) is 20.7 Å². The molecular formula is C13H16O3.